The lowest BCUT2D eigenvalue weighted by atomic mass is 10.1. The summed E-state index contributed by atoms with van der Waals surface area (Å²) < 4.78 is 7.02. The van der Waals surface area contributed by atoms with Crippen LogP contribution in [0, 0.1) is 0 Å². The zero-order valence-corrected chi connectivity index (χ0v) is 13.0. The van der Waals surface area contributed by atoms with Crippen LogP contribution in [0.2, 0.25) is 0 Å². The first-order valence-electron chi connectivity index (χ1n) is 6.73. The lowest BCUT2D eigenvalue weighted by Gasteiger charge is -2.19. The Hall–Kier alpha value is -1.91. The summed E-state index contributed by atoms with van der Waals surface area (Å²) in [5.74, 6) is 0.785. The zero-order valence-electron chi connectivity index (χ0n) is 11.4. The molecule has 0 radical (unpaired) electrons. The van der Waals surface area contributed by atoms with Gasteiger partial charge >= 0.3 is 0 Å². The highest BCUT2D eigenvalue weighted by Crippen LogP contribution is 2.35. The van der Waals surface area contributed by atoms with Gasteiger partial charge in [-0.25, -0.2) is 0 Å². The maximum absolute atomic E-state index is 6.08. The molecule has 106 valence electrons. The molecule has 0 aliphatic heterocycles. The smallest absolute Gasteiger partial charge is 0.137 e. The molecule has 0 saturated carbocycles. The molecule has 0 spiro atoms. The minimum Gasteiger partial charge on any atom is -0.483 e. The molecular weight excluding hydrogens is 328 g/mol. The number of hydrogen-bond donors (Lipinski definition) is 1. The van der Waals surface area contributed by atoms with Crippen LogP contribution in [0.15, 0.2) is 65.4 Å². The lowest BCUT2D eigenvalue weighted by Crippen LogP contribution is -2.18. The van der Waals surface area contributed by atoms with E-state index in [4.69, 9.17) is 10.5 Å². The number of rotatable bonds is 4. The van der Waals surface area contributed by atoms with E-state index in [2.05, 4.69) is 33.0 Å². The van der Waals surface area contributed by atoms with Crippen LogP contribution in [0.3, 0.4) is 0 Å². The first-order chi connectivity index (χ1) is 10.3. The van der Waals surface area contributed by atoms with Crippen LogP contribution < -0.4 is 10.5 Å². The van der Waals surface area contributed by atoms with Crippen LogP contribution in [0.4, 0.5) is 0 Å². The molecule has 0 fully saturated rings. The number of fused-ring (bicyclic) bond motifs is 1. The van der Waals surface area contributed by atoms with Crippen molar-refractivity contribution in [3.05, 3.63) is 71.0 Å². The topological polar surface area (TPSA) is 48.1 Å². The van der Waals surface area contributed by atoms with Gasteiger partial charge in [0.1, 0.15) is 11.9 Å². The molecule has 1 unspecified atom stereocenters. The minimum atomic E-state index is -0.212. The van der Waals surface area contributed by atoms with E-state index in [0.717, 1.165) is 21.2 Å². The van der Waals surface area contributed by atoms with Crippen LogP contribution >= 0.6 is 15.9 Å². The SMILES string of the molecule is NCC(Oc1ccc2ccccc2c1Br)c1cccnc1. The minimum absolute atomic E-state index is 0.212. The fourth-order valence-electron chi connectivity index (χ4n) is 2.28. The summed E-state index contributed by atoms with van der Waals surface area (Å²) in [5.41, 5.74) is 6.82. The van der Waals surface area contributed by atoms with Gasteiger partial charge in [-0.1, -0.05) is 36.4 Å². The Kier molecular flexibility index (Phi) is 4.18. The standard InChI is InChI=1S/C17H15BrN2O/c18-17-14-6-2-1-4-12(14)7-8-15(17)21-16(10-19)13-5-3-9-20-11-13/h1-9,11,16H,10,19H2. The van der Waals surface area contributed by atoms with E-state index in [1.807, 2.05) is 36.4 Å². The van der Waals surface area contributed by atoms with Crippen LogP contribution in [-0.2, 0) is 0 Å². The second-order valence-electron chi connectivity index (χ2n) is 4.73. The van der Waals surface area contributed by atoms with E-state index in [-0.39, 0.29) is 6.10 Å². The van der Waals surface area contributed by atoms with Crippen LogP contribution in [0.5, 0.6) is 5.75 Å². The van der Waals surface area contributed by atoms with Crippen molar-refractivity contribution in [1.82, 2.24) is 4.98 Å². The molecule has 0 aliphatic carbocycles. The fourth-order valence-corrected chi connectivity index (χ4v) is 2.86. The van der Waals surface area contributed by atoms with Crippen molar-refractivity contribution in [3.63, 3.8) is 0 Å². The van der Waals surface area contributed by atoms with Crippen molar-refractivity contribution in [2.45, 2.75) is 6.10 Å². The normalized spacial score (nSPS) is 12.3. The third-order valence-electron chi connectivity index (χ3n) is 3.37. The average molecular weight is 343 g/mol. The van der Waals surface area contributed by atoms with Gasteiger partial charge in [0.05, 0.1) is 4.47 Å². The molecule has 3 nitrogen and oxygen atoms in total. The molecule has 21 heavy (non-hydrogen) atoms. The van der Waals surface area contributed by atoms with Crippen molar-refractivity contribution in [3.8, 4) is 5.75 Å². The molecule has 3 aromatic rings. The van der Waals surface area contributed by atoms with E-state index in [1.165, 1.54) is 5.39 Å². The number of pyridine rings is 1. The molecule has 2 aromatic carbocycles. The number of hydrogen-bond acceptors (Lipinski definition) is 3. The van der Waals surface area contributed by atoms with Gasteiger partial charge in [0.15, 0.2) is 0 Å². The van der Waals surface area contributed by atoms with Gasteiger partial charge in [-0.3, -0.25) is 4.98 Å². The van der Waals surface area contributed by atoms with Gasteiger partial charge in [-0.05, 0) is 38.8 Å². The van der Waals surface area contributed by atoms with E-state index in [9.17, 15) is 0 Å². The van der Waals surface area contributed by atoms with Gasteiger partial charge in [-0.15, -0.1) is 0 Å². The molecule has 1 aromatic heterocycles. The van der Waals surface area contributed by atoms with Gasteiger partial charge in [-0.2, -0.15) is 0 Å². The summed E-state index contributed by atoms with van der Waals surface area (Å²) in [7, 11) is 0. The van der Waals surface area contributed by atoms with Crippen LogP contribution in [0.25, 0.3) is 10.8 Å². The molecule has 3 rings (SSSR count). The highest BCUT2D eigenvalue weighted by Gasteiger charge is 2.14. The Labute approximate surface area is 131 Å². The molecule has 0 bridgehead atoms. The van der Waals surface area contributed by atoms with Crippen molar-refractivity contribution in [2.24, 2.45) is 5.73 Å². The van der Waals surface area contributed by atoms with Gasteiger partial charge in [0, 0.05) is 24.5 Å². The molecule has 0 aliphatic rings. The second kappa shape index (κ2) is 6.24. The average Bonchev–Trinajstić information content (AvgIpc) is 2.55. The number of aromatic nitrogens is 1. The van der Waals surface area contributed by atoms with E-state index in [0.29, 0.717) is 6.54 Å². The van der Waals surface area contributed by atoms with Gasteiger partial charge < -0.3 is 10.5 Å². The Bertz CT molecular complexity index is 746. The highest BCUT2D eigenvalue weighted by atomic mass is 79.9. The summed E-state index contributed by atoms with van der Waals surface area (Å²) in [6, 6.07) is 16.0. The monoisotopic (exact) mass is 342 g/mol. The molecule has 1 atom stereocenters. The van der Waals surface area contributed by atoms with Gasteiger partial charge in [0.2, 0.25) is 0 Å². The van der Waals surface area contributed by atoms with Crippen molar-refractivity contribution in [2.75, 3.05) is 6.54 Å². The number of benzene rings is 2. The van der Waals surface area contributed by atoms with Crippen molar-refractivity contribution < 1.29 is 4.74 Å². The molecule has 1 heterocycles. The van der Waals surface area contributed by atoms with E-state index >= 15 is 0 Å². The molecule has 0 amide bonds. The first kappa shape index (κ1) is 14.0. The maximum atomic E-state index is 6.08. The van der Waals surface area contributed by atoms with Gasteiger partial charge in [0.25, 0.3) is 0 Å². The summed E-state index contributed by atoms with van der Waals surface area (Å²) in [4.78, 5) is 4.12. The number of halogens is 1. The van der Waals surface area contributed by atoms with Crippen LogP contribution in [0.1, 0.15) is 11.7 Å². The van der Waals surface area contributed by atoms with E-state index < -0.39 is 0 Å². The zero-order chi connectivity index (χ0) is 14.7. The maximum Gasteiger partial charge on any atom is 0.137 e. The molecule has 0 saturated heterocycles. The van der Waals surface area contributed by atoms with Crippen molar-refractivity contribution >= 4 is 26.7 Å². The molecular formula is C17H15BrN2O. The lowest BCUT2D eigenvalue weighted by molar-refractivity contribution is 0.213. The second-order valence-corrected chi connectivity index (χ2v) is 5.52. The molecule has 2 N–H and O–H groups in total. The Balaban J connectivity index is 1.95. The third kappa shape index (κ3) is 2.91. The van der Waals surface area contributed by atoms with Crippen LogP contribution in [-0.4, -0.2) is 11.5 Å². The fraction of sp³-hybridized carbons (Fsp3) is 0.118. The number of nitrogens with two attached hydrogens (primary N) is 1. The quantitative estimate of drug-likeness (QED) is 0.777. The van der Waals surface area contributed by atoms with E-state index in [1.54, 1.807) is 12.4 Å². The highest BCUT2D eigenvalue weighted by molar-refractivity contribution is 9.10. The van der Waals surface area contributed by atoms with Crippen molar-refractivity contribution in [1.29, 1.82) is 0 Å². The molecule has 4 heteroatoms. The number of nitrogens with zero attached hydrogens (tertiary/aromatic N) is 1. The summed E-state index contributed by atoms with van der Waals surface area (Å²) in [6.07, 6.45) is 3.31. The summed E-state index contributed by atoms with van der Waals surface area (Å²) in [5, 5.41) is 2.29. The summed E-state index contributed by atoms with van der Waals surface area (Å²) in [6.45, 7) is 0.394. The first-order valence-corrected chi connectivity index (χ1v) is 7.53. The Morgan fingerprint density at radius 1 is 1.10 bits per heavy atom. The third-order valence-corrected chi connectivity index (χ3v) is 4.19. The summed E-state index contributed by atoms with van der Waals surface area (Å²) >= 11 is 3.63. The largest absolute Gasteiger partial charge is 0.483 e. The Morgan fingerprint density at radius 2 is 1.95 bits per heavy atom. The predicted molar refractivity (Wildman–Crippen MR) is 88.3 cm³/mol. The number of ether oxygens (including phenoxy) is 1. The Morgan fingerprint density at radius 3 is 2.71 bits per heavy atom. The predicted octanol–water partition coefficient (Wildman–Crippen LogP) is 4.08.